The molecule has 2 N–H and O–H groups in total. The van der Waals surface area contributed by atoms with Crippen molar-refractivity contribution in [3.05, 3.63) is 47.5 Å². The Kier molecular flexibility index (Phi) is 6.66. The molecule has 1 aromatic heterocycles. The van der Waals surface area contributed by atoms with Gasteiger partial charge < -0.3 is 15.0 Å². The van der Waals surface area contributed by atoms with Crippen molar-refractivity contribution in [2.75, 3.05) is 31.4 Å². The molecule has 0 spiro atoms. The Bertz CT molecular complexity index is 991. The Morgan fingerprint density at radius 3 is 2.62 bits per heavy atom. The van der Waals surface area contributed by atoms with Crippen LogP contribution in [0.25, 0.3) is 11.4 Å². The van der Waals surface area contributed by atoms with Gasteiger partial charge in [0, 0.05) is 30.5 Å². The second kappa shape index (κ2) is 9.19. The first-order valence-corrected chi connectivity index (χ1v) is 10.1. The van der Waals surface area contributed by atoms with Crippen LogP contribution in [0.5, 0.6) is 5.75 Å². The minimum atomic E-state index is -0.381. The number of ether oxygens (including phenoxy) is 1. The molecule has 3 rings (SSSR count). The van der Waals surface area contributed by atoms with E-state index < -0.39 is 0 Å². The van der Waals surface area contributed by atoms with Crippen molar-refractivity contribution >= 4 is 40.6 Å². The Morgan fingerprint density at radius 2 is 1.97 bits per heavy atom. The number of aromatic nitrogens is 3. The van der Waals surface area contributed by atoms with Crippen molar-refractivity contribution in [2.45, 2.75) is 17.3 Å². The number of thioether (sulfide) groups is 1. The predicted octanol–water partition coefficient (Wildman–Crippen LogP) is 4.32. The standard InChI is InChI=1S/C20H22ClN5O2S/c1-12(19(27)22-14-6-8-15(9-7-14)26(2)3)29-20-23-18(24-25-20)16-11-13(21)5-10-17(16)28-4/h5-12H,1-4H3,(H,22,27)(H,23,24,25). The average Bonchev–Trinajstić information content (AvgIpc) is 3.16. The van der Waals surface area contributed by atoms with Crippen molar-refractivity contribution in [3.63, 3.8) is 0 Å². The Hall–Kier alpha value is -2.71. The minimum absolute atomic E-state index is 0.126. The molecule has 7 nitrogen and oxygen atoms in total. The summed E-state index contributed by atoms with van der Waals surface area (Å²) in [6.07, 6.45) is 0. The van der Waals surface area contributed by atoms with E-state index in [0.29, 0.717) is 27.3 Å². The van der Waals surface area contributed by atoms with E-state index in [-0.39, 0.29) is 11.2 Å². The molecule has 0 aliphatic carbocycles. The van der Waals surface area contributed by atoms with E-state index in [0.717, 1.165) is 11.4 Å². The van der Waals surface area contributed by atoms with Crippen molar-refractivity contribution in [1.82, 2.24) is 15.2 Å². The average molecular weight is 432 g/mol. The zero-order valence-electron chi connectivity index (χ0n) is 16.6. The van der Waals surface area contributed by atoms with Crippen molar-refractivity contribution < 1.29 is 9.53 Å². The van der Waals surface area contributed by atoms with E-state index >= 15 is 0 Å². The number of nitrogens with one attached hydrogen (secondary N) is 2. The molecule has 0 radical (unpaired) electrons. The monoisotopic (exact) mass is 431 g/mol. The summed E-state index contributed by atoms with van der Waals surface area (Å²) in [5.41, 5.74) is 2.51. The van der Waals surface area contributed by atoms with Crippen LogP contribution in [0, 0.1) is 0 Å². The van der Waals surface area contributed by atoms with E-state index in [9.17, 15) is 4.79 Å². The first-order chi connectivity index (χ1) is 13.9. The number of halogens is 1. The normalized spacial score (nSPS) is 11.8. The molecule has 9 heteroatoms. The van der Waals surface area contributed by atoms with Crippen LogP contribution in [-0.2, 0) is 4.79 Å². The molecule has 1 heterocycles. The highest BCUT2D eigenvalue weighted by Gasteiger charge is 2.19. The summed E-state index contributed by atoms with van der Waals surface area (Å²) in [4.78, 5) is 19.0. The lowest BCUT2D eigenvalue weighted by Crippen LogP contribution is -2.22. The van der Waals surface area contributed by atoms with E-state index in [4.69, 9.17) is 16.3 Å². The molecule has 1 amide bonds. The third-order valence-electron chi connectivity index (χ3n) is 4.18. The number of carbonyl (C=O) groups excluding carboxylic acids is 1. The number of nitrogens with zero attached hydrogens (tertiary/aromatic N) is 3. The van der Waals surface area contributed by atoms with Crippen LogP contribution >= 0.6 is 23.4 Å². The second-order valence-electron chi connectivity index (χ2n) is 6.50. The lowest BCUT2D eigenvalue weighted by molar-refractivity contribution is -0.115. The highest BCUT2D eigenvalue weighted by molar-refractivity contribution is 8.00. The predicted molar refractivity (Wildman–Crippen MR) is 118 cm³/mol. The molecule has 0 saturated heterocycles. The highest BCUT2D eigenvalue weighted by Crippen LogP contribution is 2.31. The lowest BCUT2D eigenvalue weighted by Gasteiger charge is -2.14. The van der Waals surface area contributed by atoms with Gasteiger partial charge in [-0.05, 0) is 49.4 Å². The third kappa shape index (κ3) is 5.21. The van der Waals surface area contributed by atoms with Gasteiger partial charge in [0.25, 0.3) is 0 Å². The number of hydrogen-bond acceptors (Lipinski definition) is 6. The van der Waals surface area contributed by atoms with Crippen LogP contribution in [0.2, 0.25) is 5.02 Å². The van der Waals surface area contributed by atoms with Gasteiger partial charge in [-0.2, -0.15) is 0 Å². The molecule has 152 valence electrons. The van der Waals surface area contributed by atoms with Crippen LogP contribution in [0.1, 0.15) is 6.92 Å². The summed E-state index contributed by atoms with van der Waals surface area (Å²) in [6.45, 7) is 1.81. The second-order valence-corrected chi connectivity index (χ2v) is 8.25. The summed E-state index contributed by atoms with van der Waals surface area (Å²) >= 11 is 7.35. The number of benzene rings is 2. The number of amides is 1. The molecule has 29 heavy (non-hydrogen) atoms. The van der Waals surface area contributed by atoms with Gasteiger partial charge in [0.15, 0.2) is 5.82 Å². The first-order valence-electron chi connectivity index (χ1n) is 8.88. The molecular weight excluding hydrogens is 410 g/mol. The SMILES string of the molecule is COc1ccc(Cl)cc1-c1nc(SC(C)C(=O)Nc2ccc(N(C)C)cc2)n[nH]1. The number of H-pyrrole nitrogens is 1. The molecule has 0 aliphatic heterocycles. The molecular formula is C20H22ClN5O2S. The fourth-order valence-corrected chi connectivity index (χ4v) is 3.48. The number of rotatable bonds is 7. The van der Waals surface area contributed by atoms with Gasteiger partial charge in [0.05, 0.1) is 17.9 Å². The van der Waals surface area contributed by atoms with Gasteiger partial charge in [0.1, 0.15) is 5.75 Å². The number of anilines is 2. The van der Waals surface area contributed by atoms with E-state index in [1.807, 2.05) is 50.2 Å². The Morgan fingerprint density at radius 1 is 1.24 bits per heavy atom. The topological polar surface area (TPSA) is 83.1 Å². The van der Waals surface area contributed by atoms with E-state index in [2.05, 4.69) is 20.5 Å². The first kappa shape index (κ1) is 21.0. The smallest absolute Gasteiger partial charge is 0.237 e. The zero-order valence-corrected chi connectivity index (χ0v) is 18.1. The number of aromatic amines is 1. The Balaban J connectivity index is 1.66. The van der Waals surface area contributed by atoms with Crippen LogP contribution in [0.15, 0.2) is 47.6 Å². The van der Waals surface area contributed by atoms with Gasteiger partial charge in [-0.15, -0.1) is 5.10 Å². The lowest BCUT2D eigenvalue weighted by atomic mass is 10.2. The van der Waals surface area contributed by atoms with Gasteiger partial charge >= 0.3 is 0 Å². The number of carbonyl (C=O) groups is 1. The van der Waals surface area contributed by atoms with Gasteiger partial charge in [0.2, 0.25) is 11.1 Å². The molecule has 2 aromatic carbocycles. The van der Waals surface area contributed by atoms with E-state index in [1.165, 1.54) is 11.8 Å². The van der Waals surface area contributed by atoms with Crippen LogP contribution < -0.4 is 15.0 Å². The zero-order chi connectivity index (χ0) is 21.0. The Labute approximate surface area is 178 Å². The van der Waals surface area contributed by atoms with Crippen molar-refractivity contribution in [3.8, 4) is 17.1 Å². The quantitative estimate of drug-likeness (QED) is 0.542. The van der Waals surface area contributed by atoms with E-state index in [1.54, 1.807) is 25.3 Å². The van der Waals surface area contributed by atoms with Crippen LogP contribution in [-0.4, -0.2) is 47.5 Å². The van der Waals surface area contributed by atoms with Gasteiger partial charge in [-0.1, -0.05) is 23.4 Å². The fraction of sp³-hybridized carbons (Fsp3) is 0.250. The van der Waals surface area contributed by atoms with Gasteiger partial charge in [-0.3, -0.25) is 9.89 Å². The van der Waals surface area contributed by atoms with Crippen LogP contribution in [0.4, 0.5) is 11.4 Å². The van der Waals surface area contributed by atoms with Crippen molar-refractivity contribution in [1.29, 1.82) is 0 Å². The molecule has 0 fully saturated rings. The fourth-order valence-electron chi connectivity index (χ4n) is 2.58. The molecule has 0 saturated carbocycles. The summed E-state index contributed by atoms with van der Waals surface area (Å²) < 4.78 is 5.35. The van der Waals surface area contributed by atoms with Gasteiger partial charge in [-0.25, -0.2) is 4.98 Å². The summed E-state index contributed by atoms with van der Waals surface area (Å²) in [5, 5.41) is 10.6. The molecule has 0 aliphatic rings. The maximum atomic E-state index is 12.5. The largest absolute Gasteiger partial charge is 0.496 e. The number of hydrogen-bond donors (Lipinski definition) is 2. The molecule has 1 unspecified atom stereocenters. The molecule has 3 aromatic rings. The molecule has 0 bridgehead atoms. The summed E-state index contributed by atoms with van der Waals surface area (Å²) in [5.74, 6) is 1.03. The summed E-state index contributed by atoms with van der Waals surface area (Å²) in [7, 11) is 5.52. The number of methoxy groups -OCH3 is 1. The minimum Gasteiger partial charge on any atom is -0.496 e. The third-order valence-corrected chi connectivity index (χ3v) is 5.38. The maximum Gasteiger partial charge on any atom is 0.237 e. The molecule has 1 atom stereocenters. The highest BCUT2D eigenvalue weighted by atomic mass is 35.5. The maximum absolute atomic E-state index is 12.5. The van der Waals surface area contributed by atoms with Crippen molar-refractivity contribution in [2.24, 2.45) is 0 Å². The summed E-state index contributed by atoms with van der Waals surface area (Å²) in [6, 6.07) is 12.9. The van der Waals surface area contributed by atoms with Crippen LogP contribution in [0.3, 0.4) is 0 Å².